The summed E-state index contributed by atoms with van der Waals surface area (Å²) in [6, 6.07) is 7.81. The molecule has 4 nitrogen and oxygen atoms in total. The van der Waals surface area contributed by atoms with Crippen molar-refractivity contribution in [3.8, 4) is 5.75 Å². The van der Waals surface area contributed by atoms with Gasteiger partial charge in [0.15, 0.2) is 0 Å². The number of methoxy groups -OCH3 is 1. The molecular formula is C15H13F2NO3. The first kappa shape index (κ1) is 14.8. The molecule has 0 fully saturated rings. The molecule has 6 heteroatoms. The van der Waals surface area contributed by atoms with Gasteiger partial charge in [-0.2, -0.15) is 0 Å². The number of halogens is 2. The van der Waals surface area contributed by atoms with E-state index in [9.17, 15) is 13.6 Å². The second-order valence-electron chi connectivity index (χ2n) is 4.24. The van der Waals surface area contributed by atoms with E-state index < -0.39 is 24.2 Å². The number of nitrogens with two attached hydrogens (primary N) is 1. The minimum absolute atomic E-state index is 0.128. The summed E-state index contributed by atoms with van der Waals surface area (Å²) in [6.45, 7) is -0.509. The van der Waals surface area contributed by atoms with E-state index in [0.29, 0.717) is 5.69 Å². The zero-order chi connectivity index (χ0) is 15.4. The van der Waals surface area contributed by atoms with Crippen molar-refractivity contribution in [3.05, 3.63) is 59.2 Å². The van der Waals surface area contributed by atoms with Gasteiger partial charge >= 0.3 is 5.97 Å². The van der Waals surface area contributed by atoms with E-state index >= 15 is 0 Å². The highest BCUT2D eigenvalue weighted by Crippen LogP contribution is 2.23. The topological polar surface area (TPSA) is 61.5 Å². The van der Waals surface area contributed by atoms with E-state index in [4.69, 9.17) is 15.2 Å². The van der Waals surface area contributed by atoms with Crippen LogP contribution in [0, 0.1) is 11.6 Å². The highest BCUT2D eigenvalue weighted by Gasteiger charge is 2.16. The fourth-order valence-electron chi connectivity index (χ4n) is 1.76. The van der Waals surface area contributed by atoms with E-state index in [1.54, 1.807) is 0 Å². The van der Waals surface area contributed by atoms with Crippen LogP contribution in [0.3, 0.4) is 0 Å². The Morgan fingerprint density at radius 2 is 1.86 bits per heavy atom. The maximum absolute atomic E-state index is 13.4. The van der Waals surface area contributed by atoms with Crippen LogP contribution in [0.15, 0.2) is 36.4 Å². The van der Waals surface area contributed by atoms with Crippen LogP contribution in [-0.4, -0.2) is 13.1 Å². The smallest absolute Gasteiger partial charge is 0.342 e. The lowest BCUT2D eigenvalue weighted by molar-refractivity contribution is 0.0461. The van der Waals surface area contributed by atoms with Crippen molar-refractivity contribution < 1.29 is 23.0 Å². The first-order valence-electron chi connectivity index (χ1n) is 6.06. The van der Waals surface area contributed by atoms with Gasteiger partial charge in [0.05, 0.1) is 12.7 Å². The van der Waals surface area contributed by atoms with Gasteiger partial charge in [-0.15, -0.1) is 0 Å². The number of esters is 1. The molecule has 0 spiro atoms. The van der Waals surface area contributed by atoms with Crippen LogP contribution >= 0.6 is 0 Å². The molecule has 2 rings (SSSR count). The van der Waals surface area contributed by atoms with Gasteiger partial charge in [-0.1, -0.05) is 6.07 Å². The molecule has 110 valence electrons. The first-order valence-corrected chi connectivity index (χ1v) is 6.06. The molecule has 0 amide bonds. The number of ether oxygens (including phenoxy) is 2. The lowest BCUT2D eigenvalue weighted by Gasteiger charge is -2.10. The molecule has 0 radical (unpaired) electrons. The summed E-state index contributed by atoms with van der Waals surface area (Å²) in [4.78, 5) is 11.9. The van der Waals surface area contributed by atoms with Crippen LogP contribution < -0.4 is 10.5 Å². The van der Waals surface area contributed by atoms with Crippen molar-refractivity contribution in [1.82, 2.24) is 0 Å². The van der Waals surface area contributed by atoms with Crippen molar-refractivity contribution in [2.45, 2.75) is 6.61 Å². The summed E-state index contributed by atoms with van der Waals surface area (Å²) in [6.07, 6.45) is 0. The van der Waals surface area contributed by atoms with Gasteiger partial charge in [-0.05, 0) is 24.3 Å². The summed E-state index contributed by atoms with van der Waals surface area (Å²) < 4.78 is 36.8. The Hall–Kier alpha value is -2.63. The molecule has 0 bridgehead atoms. The number of benzene rings is 2. The molecule has 2 aromatic carbocycles. The highest BCUT2D eigenvalue weighted by molar-refractivity contribution is 5.93. The van der Waals surface area contributed by atoms with E-state index in [1.807, 2.05) is 0 Å². The third-order valence-corrected chi connectivity index (χ3v) is 2.85. The zero-order valence-corrected chi connectivity index (χ0v) is 11.2. The molecule has 0 heterocycles. The van der Waals surface area contributed by atoms with Gasteiger partial charge in [0, 0.05) is 11.8 Å². The molecule has 0 aliphatic carbocycles. The van der Waals surface area contributed by atoms with Gasteiger partial charge in [-0.25, -0.2) is 13.6 Å². The standard InChI is InChI=1S/C15H13F2NO3/c1-20-14-7-9(18)5-6-10(14)15(19)21-8-11-12(16)3-2-4-13(11)17/h2-7H,8,18H2,1H3. The zero-order valence-electron chi connectivity index (χ0n) is 11.2. The van der Waals surface area contributed by atoms with Crippen molar-refractivity contribution >= 4 is 11.7 Å². The predicted octanol–water partition coefficient (Wildman–Crippen LogP) is 2.91. The van der Waals surface area contributed by atoms with Crippen LogP contribution in [0.4, 0.5) is 14.5 Å². The number of hydrogen-bond donors (Lipinski definition) is 1. The fourth-order valence-corrected chi connectivity index (χ4v) is 1.76. The largest absolute Gasteiger partial charge is 0.496 e. The van der Waals surface area contributed by atoms with Crippen molar-refractivity contribution in [1.29, 1.82) is 0 Å². The van der Waals surface area contributed by atoms with Gasteiger partial charge in [0.2, 0.25) is 0 Å². The minimum atomic E-state index is -0.771. The summed E-state index contributed by atoms with van der Waals surface area (Å²) in [5, 5.41) is 0. The Bertz CT molecular complexity index is 654. The van der Waals surface area contributed by atoms with E-state index in [-0.39, 0.29) is 16.9 Å². The fraction of sp³-hybridized carbons (Fsp3) is 0.133. The molecule has 21 heavy (non-hydrogen) atoms. The summed E-state index contributed by atoms with van der Waals surface area (Å²) in [5.41, 5.74) is 5.82. The number of carbonyl (C=O) groups excluding carboxylic acids is 1. The van der Waals surface area contributed by atoms with Crippen molar-refractivity contribution in [2.75, 3.05) is 12.8 Å². The first-order chi connectivity index (χ1) is 10.0. The van der Waals surface area contributed by atoms with Crippen molar-refractivity contribution in [2.24, 2.45) is 0 Å². The Morgan fingerprint density at radius 3 is 2.48 bits per heavy atom. The predicted molar refractivity (Wildman–Crippen MR) is 72.9 cm³/mol. The Kier molecular flexibility index (Phi) is 4.37. The average molecular weight is 293 g/mol. The number of anilines is 1. The SMILES string of the molecule is COc1cc(N)ccc1C(=O)OCc1c(F)cccc1F. The molecule has 0 saturated carbocycles. The molecule has 0 aliphatic rings. The number of hydrogen-bond acceptors (Lipinski definition) is 4. The quantitative estimate of drug-likeness (QED) is 0.695. The molecular weight excluding hydrogens is 280 g/mol. The molecule has 0 aromatic heterocycles. The lowest BCUT2D eigenvalue weighted by Crippen LogP contribution is -2.09. The van der Waals surface area contributed by atoms with E-state index in [0.717, 1.165) is 12.1 Å². The second kappa shape index (κ2) is 6.21. The van der Waals surface area contributed by atoms with Gasteiger partial charge in [-0.3, -0.25) is 0 Å². The number of rotatable bonds is 4. The van der Waals surface area contributed by atoms with Crippen LogP contribution in [0.25, 0.3) is 0 Å². The number of carbonyl (C=O) groups is 1. The minimum Gasteiger partial charge on any atom is -0.496 e. The van der Waals surface area contributed by atoms with Gasteiger partial charge in [0.1, 0.15) is 29.6 Å². The Labute approximate surface area is 120 Å². The lowest BCUT2D eigenvalue weighted by atomic mass is 10.2. The molecule has 2 aromatic rings. The van der Waals surface area contributed by atoms with Crippen molar-refractivity contribution in [3.63, 3.8) is 0 Å². The maximum Gasteiger partial charge on any atom is 0.342 e. The summed E-state index contributed by atoms with van der Waals surface area (Å²) in [5.74, 6) is -2.07. The normalized spacial score (nSPS) is 10.2. The van der Waals surface area contributed by atoms with E-state index in [1.165, 1.54) is 31.4 Å². The Morgan fingerprint density at radius 1 is 1.19 bits per heavy atom. The Balaban J connectivity index is 2.16. The van der Waals surface area contributed by atoms with Gasteiger partial charge in [0.25, 0.3) is 0 Å². The summed E-state index contributed by atoms with van der Waals surface area (Å²) >= 11 is 0. The third-order valence-electron chi connectivity index (χ3n) is 2.85. The van der Waals surface area contributed by atoms with Crippen LogP contribution in [0.5, 0.6) is 5.75 Å². The third kappa shape index (κ3) is 3.28. The average Bonchev–Trinajstić information content (AvgIpc) is 2.46. The molecule has 0 aliphatic heterocycles. The molecule has 0 saturated heterocycles. The van der Waals surface area contributed by atoms with Crippen LogP contribution in [-0.2, 0) is 11.3 Å². The van der Waals surface area contributed by atoms with Crippen LogP contribution in [0.1, 0.15) is 15.9 Å². The summed E-state index contributed by atoms with van der Waals surface area (Å²) in [7, 11) is 1.38. The number of nitrogen functional groups attached to an aromatic ring is 1. The molecule has 0 atom stereocenters. The molecule has 0 unspecified atom stereocenters. The monoisotopic (exact) mass is 293 g/mol. The maximum atomic E-state index is 13.4. The molecule has 2 N–H and O–H groups in total. The van der Waals surface area contributed by atoms with E-state index in [2.05, 4.69) is 0 Å². The van der Waals surface area contributed by atoms with Crippen LogP contribution in [0.2, 0.25) is 0 Å². The highest BCUT2D eigenvalue weighted by atomic mass is 19.1. The second-order valence-corrected chi connectivity index (χ2v) is 4.24. The van der Waals surface area contributed by atoms with Gasteiger partial charge < -0.3 is 15.2 Å².